The summed E-state index contributed by atoms with van der Waals surface area (Å²) in [5.74, 6) is 1.97. The smallest absolute Gasteiger partial charge is 0.255 e. The van der Waals surface area contributed by atoms with E-state index in [1.54, 1.807) is 11.8 Å². The minimum absolute atomic E-state index is 0.206. The van der Waals surface area contributed by atoms with Crippen molar-refractivity contribution < 1.29 is 9.53 Å². The Hall–Kier alpha value is -3.56. The molecule has 3 aromatic carbocycles. The van der Waals surface area contributed by atoms with Crippen LogP contribution in [0.25, 0.3) is 0 Å². The summed E-state index contributed by atoms with van der Waals surface area (Å²) in [5.41, 5.74) is 7.27. The van der Waals surface area contributed by atoms with E-state index in [0.29, 0.717) is 29.0 Å². The van der Waals surface area contributed by atoms with Gasteiger partial charge in [0.05, 0.1) is 5.57 Å². The lowest BCUT2D eigenvalue weighted by molar-refractivity contribution is -0.113. The van der Waals surface area contributed by atoms with Crippen LogP contribution in [-0.4, -0.2) is 26.4 Å². The maximum atomic E-state index is 14.1. The van der Waals surface area contributed by atoms with Gasteiger partial charge in [-0.15, -0.1) is 5.10 Å². The molecule has 1 amide bonds. The van der Waals surface area contributed by atoms with E-state index >= 15 is 0 Å². The number of anilines is 2. The number of halogens is 1. The molecule has 0 radical (unpaired) electrons. The molecule has 1 unspecified atom stereocenters. The van der Waals surface area contributed by atoms with Gasteiger partial charge in [0.15, 0.2) is 0 Å². The van der Waals surface area contributed by atoms with Gasteiger partial charge in [-0.1, -0.05) is 71.0 Å². The zero-order chi connectivity index (χ0) is 29.1. The standard InChI is InChI=1S/C32H34BrN5O2S/c1-6-16-41-32-36-31-34-22(5)28(30(39)35-26-13-9-11-19(2)21(26)4)29(38(31)37-32)25-17-24(33)14-15-27(25)40-18-23-12-8-7-10-20(23)3/h7-15,17,29H,6,16,18H2,1-5H3,(H,35,39)(H,34,36,37). The van der Waals surface area contributed by atoms with E-state index in [2.05, 4.69) is 52.5 Å². The molecule has 1 atom stereocenters. The molecule has 0 aliphatic carbocycles. The predicted octanol–water partition coefficient (Wildman–Crippen LogP) is 7.97. The summed E-state index contributed by atoms with van der Waals surface area (Å²) in [4.78, 5) is 18.9. The number of carbonyl (C=O) groups excluding carboxylic acids is 1. The van der Waals surface area contributed by atoms with Crippen LogP contribution in [0.1, 0.15) is 54.1 Å². The molecule has 0 fully saturated rings. The van der Waals surface area contributed by atoms with Crippen LogP contribution >= 0.6 is 27.7 Å². The number of ether oxygens (including phenoxy) is 1. The number of aryl methyl sites for hydroxylation is 2. The average molecular weight is 633 g/mol. The molecule has 9 heteroatoms. The predicted molar refractivity (Wildman–Crippen MR) is 170 cm³/mol. The van der Waals surface area contributed by atoms with Crippen molar-refractivity contribution in [3.63, 3.8) is 0 Å². The number of nitrogens with one attached hydrogen (secondary N) is 2. The molecule has 2 N–H and O–H groups in total. The number of rotatable bonds is 9. The van der Waals surface area contributed by atoms with Crippen LogP contribution < -0.4 is 15.4 Å². The molecule has 1 aliphatic heterocycles. The second-order valence-corrected chi connectivity index (χ2v) is 12.2. The first kappa shape index (κ1) is 29.0. The van der Waals surface area contributed by atoms with Crippen molar-refractivity contribution in [1.29, 1.82) is 0 Å². The van der Waals surface area contributed by atoms with Gasteiger partial charge in [-0.25, -0.2) is 4.68 Å². The molecule has 2 heterocycles. The van der Waals surface area contributed by atoms with Crippen LogP contribution in [0, 0.1) is 20.8 Å². The SMILES string of the molecule is CCCSc1nc2n(n1)C(c1cc(Br)ccc1OCc1ccccc1C)C(C(=O)Nc1cccc(C)c1C)=C(C)N2. The highest BCUT2D eigenvalue weighted by Gasteiger charge is 2.36. The van der Waals surface area contributed by atoms with Gasteiger partial charge in [0, 0.05) is 27.2 Å². The van der Waals surface area contributed by atoms with Gasteiger partial charge < -0.3 is 15.4 Å². The van der Waals surface area contributed by atoms with Crippen LogP contribution in [0.4, 0.5) is 11.6 Å². The molecule has 7 nitrogen and oxygen atoms in total. The summed E-state index contributed by atoms with van der Waals surface area (Å²) in [6, 6.07) is 19.4. The van der Waals surface area contributed by atoms with Gasteiger partial charge in [-0.05, 0) is 80.6 Å². The van der Waals surface area contributed by atoms with Crippen LogP contribution in [0.2, 0.25) is 0 Å². The van der Waals surface area contributed by atoms with Crippen LogP contribution in [-0.2, 0) is 11.4 Å². The number of allylic oxidation sites excluding steroid dienone is 1. The Bertz CT molecular complexity index is 1630. The molecule has 1 aromatic heterocycles. The zero-order valence-electron chi connectivity index (χ0n) is 23.9. The number of benzene rings is 3. The summed E-state index contributed by atoms with van der Waals surface area (Å²) >= 11 is 5.26. The lowest BCUT2D eigenvalue weighted by atomic mass is 9.94. The van der Waals surface area contributed by atoms with Crippen LogP contribution in [0.5, 0.6) is 5.75 Å². The molecule has 5 rings (SSSR count). The number of hydrogen-bond donors (Lipinski definition) is 2. The number of fused-ring (bicyclic) bond motifs is 1. The Balaban J connectivity index is 1.60. The van der Waals surface area contributed by atoms with Crippen molar-refractivity contribution in [3.8, 4) is 5.75 Å². The molecular weight excluding hydrogens is 598 g/mol. The lowest BCUT2D eigenvalue weighted by Gasteiger charge is -2.30. The number of thioether (sulfide) groups is 1. The van der Waals surface area contributed by atoms with Crippen molar-refractivity contribution >= 4 is 45.2 Å². The molecule has 1 aliphatic rings. The van der Waals surface area contributed by atoms with Gasteiger partial charge in [-0.2, -0.15) is 4.98 Å². The number of amides is 1. The third kappa shape index (κ3) is 6.21. The Morgan fingerprint density at radius 3 is 2.63 bits per heavy atom. The second kappa shape index (κ2) is 12.5. The van der Waals surface area contributed by atoms with Gasteiger partial charge in [-0.3, -0.25) is 4.79 Å². The second-order valence-electron chi connectivity index (χ2n) is 10.2. The van der Waals surface area contributed by atoms with Gasteiger partial charge in [0.1, 0.15) is 18.4 Å². The topological polar surface area (TPSA) is 81.1 Å². The van der Waals surface area contributed by atoms with E-state index in [0.717, 1.165) is 55.8 Å². The van der Waals surface area contributed by atoms with E-state index < -0.39 is 6.04 Å². The normalized spacial score (nSPS) is 14.4. The molecule has 41 heavy (non-hydrogen) atoms. The molecular formula is C32H34BrN5O2S. The summed E-state index contributed by atoms with van der Waals surface area (Å²) < 4.78 is 9.14. The number of aromatic nitrogens is 3. The highest BCUT2D eigenvalue weighted by Crippen LogP contribution is 2.41. The molecule has 0 spiro atoms. The fourth-order valence-electron chi connectivity index (χ4n) is 4.84. The quantitative estimate of drug-likeness (QED) is 0.182. The van der Waals surface area contributed by atoms with E-state index in [9.17, 15) is 4.79 Å². The summed E-state index contributed by atoms with van der Waals surface area (Å²) in [6.45, 7) is 10.6. The summed E-state index contributed by atoms with van der Waals surface area (Å²) in [5, 5.41) is 12.1. The zero-order valence-corrected chi connectivity index (χ0v) is 26.3. The van der Waals surface area contributed by atoms with E-state index in [1.165, 1.54) is 0 Å². The van der Waals surface area contributed by atoms with Gasteiger partial charge in [0.2, 0.25) is 11.1 Å². The Labute approximate surface area is 253 Å². The van der Waals surface area contributed by atoms with Crippen molar-refractivity contribution in [1.82, 2.24) is 14.8 Å². The van der Waals surface area contributed by atoms with Gasteiger partial charge in [0.25, 0.3) is 5.91 Å². The van der Waals surface area contributed by atoms with Crippen LogP contribution in [0.3, 0.4) is 0 Å². The largest absolute Gasteiger partial charge is 0.489 e. The maximum Gasteiger partial charge on any atom is 0.255 e. The number of hydrogen-bond acceptors (Lipinski definition) is 6. The highest BCUT2D eigenvalue weighted by atomic mass is 79.9. The Kier molecular flexibility index (Phi) is 8.85. The molecule has 0 saturated carbocycles. The van der Waals surface area contributed by atoms with Gasteiger partial charge >= 0.3 is 0 Å². The number of nitrogens with zero attached hydrogens (tertiary/aromatic N) is 3. The third-order valence-corrected chi connectivity index (χ3v) is 8.81. The molecule has 0 saturated heterocycles. The average Bonchev–Trinajstić information content (AvgIpc) is 3.36. The van der Waals surface area contributed by atoms with Crippen molar-refractivity contribution in [2.75, 3.05) is 16.4 Å². The Morgan fingerprint density at radius 1 is 1.07 bits per heavy atom. The summed E-state index contributed by atoms with van der Waals surface area (Å²) in [7, 11) is 0. The monoisotopic (exact) mass is 631 g/mol. The molecule has 4 aromatic rings. The first-order valence-electron chi connectivity index (χ1n) is 13.7. The fraction of sp³-hybridized carbons (Fsp3) is 0.281. The first-order chi connectivity index (χ1) is 19.8. The van der Waals surface area contributed by atoms with E-state index in [1.807, 2.05) is 74.0 Å². The lowest BCUT2D eigenvalue weighted by Crippen LogP contribution is -2.32. The van der Waals surface area contributed by atoms with Crippen LogP contribution in [0.15, 0.2) is 81.6 Å². The first-order valence-corrected chi connectivity index (χ1v) is 15.5. The van der Waals surface area contributed by atoms with Crippen molar-refractivity contribution in [2.45, 2.75) is 58.8 Å². The minimum Gasteiger partial charge on any atom is -0.489 e. The van der Waals surface area contributed by atoms with Crippen molar-refractivity contribution in [3.05, 3.63) is 104 Å². The molecule has 212 valence electrons. The van der Waals surface area contributed by atoms with E-state index in [4.69, 9.17) is 14.8 Å². The fourth-order valence-corrected chi connectivity index (χ4v) is 5.90. The number of carbonyl (C=O) groups is 1. The Morgan fingerprint density at radius 2 is 1.85 bits per heavy atom. The highest BCUT2D eigenvalue weighted by molar-refractivity contribution is 9.10. The molecule has 0 bridgehead atoms. The third-order valence-electron chi connectivity index (χ3n) is 7.28. The minimum atomic E-state index is -0.566. The van der Waals surface area contributed by atoms with E-state index in [-0.39, 0.29) is 5.91 Å². The summed E-state index contributed by atoms with van der Waals surface area (Å²) in [6.07, 6.45) is 1.01. The van der Waals surface area contributed by atoms with Crippen molar-refractivity contribution in [2.24, 2.45) is 0 Å². The maximum absolute atomic E-state index is 14.1.